The van der Waals surface area contributed by atoms with Gasteiger partial charge in [0.05, 0.1) is 0 Å². The van der Waals surface area contributed by atoms with Crippen molar-refractivity contribution in [2.24, 2.45) is 5.92 Å². The maximum absolute atomic E-state index is 12.4. The van der Waals surface area contributed by atoms with Gasteiger partial charge in [-0.05, 0) is 32.8 Å². The molecule has 0 aliphatic carbocycles. The van der Waals surface area contributed by atoms with Crippen molar-refractivity contribution in [3.8, 4) is 0 Å². The van der Waals surface area contributed by atoms with Crippen LogP contribution in [0.1, 0.15) is 41.5 Å². The van der Waals surface area contributed by atoms with E-state index in [9.17, 15) is 9.59 Å². The fourth-order valence-corrected chi connectivity index (χ4v) is 1.75. The number of nitrogens with zero attached hydrogens (tertiary/aromatic N) is 1. The molecule has 0 fully saturated rings. The first-order valence-electron chi connectivity index (χ1n) is 7.24. The van der Waals surface area contributed by atoms with Gasteiger partial charge in [-0.1, -0.05) is 20.4 Å². The summed E-state index contributed by atoms with van der Waals surface area (Å²) in [6, 6.07) is -0.788. The number of methoxy groups -OCH3 is 1. The summed E-state index contributed by atoms with van der Waals surface area (Å²) in [4.78, 5) is 25.8. The maximum atomic E-state index is 12.4. The summed E-state index contributed by atoms with van der Waals surface area (Å²) in [7, 11) is 2.93. The standard InChI is InChI=1S/C16H29NO5/c1-10-16(7,20-9)21-13(18)12(11(2)3)17(8)14(19)22-15(4,5)6/h10-12H,1H2,2-9H3. The molecule has 2 atom stereocenters. The zero-order valence-electron chi connectivity index (χ0n) is 14.9. The predicted octanol–water partition coefficient (Wildman–Crippen LogP) is 2.97. The summed E-state index contributed by atoms with van der Waals surface area (Å²) in [5.74, 6) is -1.97. The number of likely N-dealkylation sites (N-methyl/N-ethyl adjacent to an activating group) is 1. The summed E-state index contributed by atoms with van der Waals surface area (Å²) in [6.07, 6.45) is 0.802. The number of carbonyl (C=O) groups is 2. The van der Waals surface area contributed by atoms with Gasteiger partial charge in [0.1, 0.15) is 11.6 Å². The van der Waals surface area contributed by atoms with E-state index in [-0.39, 0.29) is 5.92 Å². The zero-order chi connectivity index (χ0) is 17.7. The van der Waals surface area contributed by atoms with E-state index < -0.39 is 29.5 Å². The second-order valence-electron chi connectivity index (χ2n) is 6.63. The van der Waals surface area contributed by atoms with E-state index in [1.54, 1.807) is 27.7 Å². The van der Waals surface area contributed by atoms with Crippen LogP contribution in [-0.4, -0.2) is 48.5 Å². The highest BCUT2D eigenvalue weighted by atomic mass is 16.7. The quantitative estimate of drug-likeness (QED) is 0.428. The van der Waals surface area contributed by atoms with E-state index in [2.05, 4.69) is 6.58 Å². The van der Waals surface area contributed by atoms with E-state index in [4.69, 9.17) is 14.2 Å². The maximum Gasteiger partial charge on any atom is 0.410 e. The monoisotopic (exact) mass is 315 g/mol. The predicted molar refractivity (Wildman–Crippen MR) is 84.3 cm³/mol. The second-order valence-corrected chi connectivity index (χ2v) is 6.63. The van der Waals surface area contributed by atoms with Gasteiger partial charge in [-0.2, -0.15) is 0 Å². The molecule has 0 aromatic carbocycles. The van der Waals surface area contributed by atoms with Gasteiger partial charge in [0.15, 0.2) is 0 Å². The van der Waals surface area contributed by atoms with Crippen LogP contribution in [0.5, 0.6) is 0 Å². The van der Waals surface area contributed by atoms with Gasteiger partial charge >= 0.3 is 12.1 Å². The van der Waals surface area contributed by atoms with E-state index in [1.165, 1.54) is 25.1 Å². The van der Waals surface area contributed by atoms with Gasteiger partial charge in [-0.3, -0.25) is 4.90 Å². The summed E-state index contributed by atoms with van der Waals surface area (Å²) in [5.41, 5.74) is -0.640. The Bertz CT molecular complexity index is 413. The Balaban J connectivity index is 5.18. The van der Waals surface area contributed by atoms with Gasteiger partial charge in [0, 0.05) is 21.1 Å². The van der Waals surface area contributed by atoms with Crippen molar-refractivity contribution in [1.29, 1.82) is 0 Å². The van der Waals surface area contributed by atoms with Crippen molar-refractivity contribution in [1.82, 2.24) is 4.90 Å². The largest absolute Gasteiger partial charge is 0.444 e. The molecule has 0 N–H and O–H groups in total. The number of carbonyl (C=O) groups excluding carboxylic acids is 2. The molecule has 0 bridgehead atoms. The van der Waals surface area contributed by atoms with Gasteiger partial charge in [-0.15, -0.1) is 0 Å². The number of ether oxygens (including phenoxy) is 3. The molecule has 128 valence electrons. The lowest BCUT2D eigenvalue weighted by atomic mass is 10.0. The molecular weight excluding hydrogens is 286 g/mol. The van der Waals surface area contributed by atoms with Crippen LogP contribution in [0.4, 0.5) is 4.79 Å². The lowest BCUT2D eigenvalue weighted by Gasteiger charge is -2.34. The van der Waals surface area contributed by atoms with E-state index >= 15 is 0 Å². The summed E-state index contributed by atoms with van der Waals surface area (Å²) >= 11 is 0. The van der Waals surface area contributed by atoms with Crippen LogP contribution in [0.15, 0.2) is 12.7 Å². The highest BCUT2D eigenvalue weighted by Gasteiger charge is 2.37. The molecule has 0 radical (unpaired) electrons. The van der Waals surface area contributed by atoms with E-state index in [0.717, 1.165) is 0 Å². The molecule has 2 unspecified atom stereocenters. The number of hydrogen-bond acceptors (Lipinski definition) is 5. The molecule has 6 heteroatoms. The Morgan fingerprint density at radius 1 is 1.14 bits per heavy atom. The van der Waals surface area contributed by atoms with E-state index in [1.807, 2.05) is 13.8 Å². The van der Waals surface area contributed by atoms with Gasteiger partial charge < -0.3 is 14.2 Å². The highest BCUT2D eigenvalue weighted by Crippen LogP contribution is 2.20. The Morgan fingerprint density at radius 2 is 1.64 bits per heavy atom. The SMILES string of the molecule is C=CC(C)(OC)OC(=O)C(C(C)C)N(C)C(=O)OC(C)(C)C. The first-order valence-corrected chi connectivity index (χ1v) is 7.24. The third-order valence-electron chi connectivity index (χ3n) is 3.05. The third-order valence-corrected chi connectivity index (χ3v) is 3.05. The molecule has 1 amide bonds. The average molecular weight is 315 g/mol. The minimum Gasteiger partial charge on any atom is -0.444 e. The van der Waals surface area contributed by atoms with Crippen LogP contribution >= 0.6 is 0 Å². The molecule has 0 heterocycles. The van der Waals surface area contributed by atoms with Crippen molar-refractivity contribution in [3.63, 3.8) is 0 Å². The summed E-state index contributed by atoms with van der Waals surface area (Å²) in [6.45, 7) is 14.1. The number of rotatable bonds is 6. The lowest BCUT2D eigenvalue weighted by Crippen LogP contribution is -2.50. The Morgan fingerprint density at radius 3 is 1.95 bits per heavy atom. The Labute approximate surface area is 133 Å². The molecule has 0 saturated carbocycles. The van der Waals surface area contributed by atoms with Crippen LogP contribution in [-0.2, 0) is 19.0 Å². The topological polar surface area (TPSA) is 65.1 Å². The van der Waals surface area contributed by atoms with Crippen molar-refractivity contribution in [3.05, 3.63) is 12.7 Å². The average Bonchev–Trinajstić information content (AvgIpc) is 2.36. The summed E-state index contributed by atoms with van der Waals surface area (Å²) < 4.78 is 15.7. The molecule has 0 aliphatic rings. The fourth-order valence-electron chi connectivity index (χ4n) is 1.75. The van der Waals surface area contributed by atoms with Gasteiger partial charge in [-0.25, -0.2) is 9.59 Å². The normalized spacial score (nSPS) is 15.7. The van der Waals surface area contributed by atoms with Crippen molar-refractivity contribution in [2.45, 2.75) is 59.0 Å². The molecule has 0 saturated heterocycles. The number of amides is 1. The second kappa shape index (κ2) is 7.63. The minimum absolute atomic E-state index is 0.157. The first kappa shape index (κ1) is 20.4. The van der Waals surface area contributed by atoms with Crippen molar-refractivity contribution < 1.29 is 23.8 Å². The minimum atomic E-state index is -1.24. The van der Waals surface area contributed by atoms with Crippen LogP contribution in [0.3, 0.4) is 0 Å². The lowest BCUT2D eigenvalue weighted by molar-refractivity contribution is -0.200. The van der Waals surface area contributed by atoms with Crippen LogP contribution in [0, 0.1) is 5.92 Å². The molecule has 0 aliphatic heterocycles. The molecule has 22 heavy (non-hydrogen) atoms. The molecular formula is C16H29NO5. The molecule has 0 aromatic rings. The zero-order valence-corrected chi connectivity index (χ0v) is 14.9. The third kappa shape index (κ3) is 6.05. The number of hydrogen-bond donors (Lipinski definition) is 0. The fraction of sp³-hybridized carbons (Fsp3) is 0.750. The molecule has 0 spiro atoms. The van der Waals surface area contributed by atoms with Crippen LogP contribution in [0.25, 0.3) is 0 Å². The van der Waals surface area contributed by atoms with E-state index in [0.29, 0.717) is 0 Å². The summed E-state index contributed by atoms with van der Waals surface area (Å²) in [5, 5.41) is 0. The van der Waals surface area contributed by atoms with Crippen molar-refractivity contribution >= 4 is 12.1 Å². The smallest absolute Gasteiger partial charge is 0.410 e. The molecule has 6 nitrogen and oxygen atoms in total. The first-order chi connectivity index (χ1) is 9.87. The van der Waals surface area contributed by atoms with Crippen LogP contribution < -0.4 is 0 Å². The van der Waals surface area contributed by atoms with Crippen LogP contribution in [0.2, 0.25) is 0 Å². The Kier molecular flexibility index (Phi) is 7.09. The number of esters is 1. The molecule has 0 aromatic heterocycles. The Hall–Kier alpha value is -1.56. The molecule has 0 rings (SSSR count). The van der Waals surface area contributed by atoms with Gasteiger partial charge in [0.2, 0.25) is 5.79 Å². The highest BCUT2D eigenvalue weighted by molar-refractivity contribution is 5.82. The van der Waals surface area contributed by atoms with Gasteiger partial charge in [0.25, 0.3) is 0 Å². The van der Waals surface area contributed by atoms with Crippen molar-refractivity contribution in [2.75, 3.05) is 14.2 Å².